The molecule has 3 atom stereocenters. The summed E-state index contributed by atoms with van der Waals surface area (Å²) >= 11 is 0. The van der Waals surface area contributed by atoms with E-state index in [1.54, 1.807) is 0 Å². The summed E-state index contributed by atoms with van der Waals surface area (Å²) in [5.74, 6) is 1.01. The first-order chi connectivity index (χ1) is 10.6. The third kappa shape index (κ3) is 2.52. The smallest absolute Gasteiger partial charge is 0.200 e. The Bertz CT molecular complexity index is 518. The molecule has 0 spiro atoms. The van der Waals surface area contributed by atoms with Crippen molar-refractivity contribution in [3.8, 4) is 17.2 Å². The summed E-state index contributed by atoms with van der Waals surface area (Å²) in [6.07, 6.45) is 4.95. The third-order valence-electron chi connectivity index (χ3n) is 5.25. The molecule has 0 unspecified atom stereocenters. The van der Waals surface area contributed by atoms with Gasteiger partial charge in [-0.15, -0.1) is 0 Å². The number of aromatic hydroxyl groups is 1. The molecule has 0 amide bonds. The van der Waals surface area contributed by atoms with Crippen LogP contribution in [0.1, 0.15) is 43.7 Å². The third-order valence-corrected chi connectivity index (χ3v) is 5.25. The van der Waals surface area contributed by atoms with Crippen molar-refractivity contribution in [1.82, 2.24) is 5.32 Å². The van der Waals surface area contributed by atoms with E-state index in [2.05, 4.69) is 5.32 Å². The molecule has 5 heteroatoms. The first-order valence-electron chi connectivity index (χ1n) is 7.99. The molecule has 0 radical (unpaired) electrons. The minimum absolute atomic E-state index is 0.0171. The van der Waals surface area contributed by atoms with Crippen molar-refractivity contribution >= 4 is 0 Å². The van der Waals surface area contributed by atoms with Gasteiger partial charge >= 0.3 is 0 Å². The molecule has 3 N–H and O–H groups in total. The molecule has 1 aromatic carbocycles. The molecule has 5 nitrogen and oxygen atoms in total. The maximum atomic E-state index is 11.0. The number of benzene rings is 1. The van der Waals surface area contributed by atoms with E-state index in [1.165, 1.54) is 14.2 Å². The van der Waals surface area contributed by atoms with Gasteiger partial charge in [-0.05, 0) is 43.5 Å². The number of phenolic OH excluding ortho intramolecular Hbond substituents is 1. The van der Waals surface area contributed by atoms with Gasteiger partial charge in [-0.25, -0.2) is 0 Å². The highest BCUT2D eigenvalue weighted by Crippen LogP contribution is 2.48. The lowest BCUT2D eigenvalue weighted by molar-refractivity contribution is -0.0861. The zero-order chi connectivity index (χ0) is 15.7. The van der Waals surface area contributed by atoms with Crippen LogP contribution in [0.3, 0.4) is 0 Å². The minimum Gasteiger partial charge on any atom is -0.502 e. The molecule has 1 saturated heterocycles. The van der Waals surface area contributed by atoms with Crippen LogP contribution in [0.4, 0.5) is 0 Å². The standard InChI is InChI=1S/C17H25NO4/c1-21-13-9-11(10-14(22-2)16(13)19)15-12-5-3-4-6-17(12,20)7-8-18-15/h9-10,12,15,18-20H,3-8H2,1-2H3/t12-,15+,17+/m1/s1. The van der Waals surface area contributed by atoms with Gasteiger partial charge in [0.1, 0.15) is 0 Å². The van der Waals surface area contributed by atoms with Gasteiger partial charge in [0.15, 0.2) is 11.5 Å². The zero-order valence-electron chi connectivity index (χ0n) is 13.3. The fraction of sp³-hybridized carbons (Fsp3) is 0.647. The van der Waals surface area contributed by atoms with Gasteiger partial charge in [0, 0.05) is 12.0 Å². The summed E-state index contributed by atoms with van der Waals surface area (Å²) in [5, 5.41) is 24.6. The van der Waals surface area contributed by atoms with Crippen LogP contribution < -0.4 is 14.8 Å². The van der Waals surface area contributed by atoms with Gasteiger partial charge in [-0.2, -0.15) is 0 Å². The fourth-order valence-corrected chi connectivity index (χ4v) is 4.07. The quantitative estimate of drug-likeness (QED) is 0.800. The Labute approximate surface area is 131 Å². The number of hydrogen-bond donors (Lipinski definition) is 3. The van der Waals surface area contributed by atoms with Crippen molar-refractivity contribution in [2.45, 2.75) is 43.7 Å². The Balaban J connectivity index is 1.98. The molecule has 1 saturated carbocycles. The van der Waals surface area contributed by atoms with Gasteiger partial charge in [0.2, 0.25) is 5.75 Å². The normalized spacial score (nSPS) is 31.4. The van der Waals surface area contributed by atoms with Gasteiger partial charge in [0.25, 0.3) is 0 Å². The van der Waals surface area contributed by atoms with E-state index < -0.39 is 5.60 Å². The molecule has 0 bridgehead atoms. The van der Waals surface area contributed by atoms with Crippen LogP contribution in [0, 0.1) is 5.92 Å². The lowest BCUT2D eigenvalue weighted by Gasteiger charge is -2.48. The van der Waals surface area contributed by atoms with Gasteiger partial charge in [-0.3, -0.25) is 0 Å². The van der Waals surface area contributed by atoms with Crippen molar-refractivity contribution in [1.29, 1.82) is 0 Å². The Morgan fingerprint density at radius 2 is 1.82 bits per heavy atom. The maximum Gasteiger partial charge on any atom is 0.200 e. The number of aliphatic hydroxyl groups is 1. The van der Waals surface area contributed by atoms with Crippen LogP contribution in [-0.2, 0) is 0 Å². The zero-order valence-corrected chi connectivity index (χ0v) is 13.3. The molecule has 0 aromatic heterocycles. The summed E-state index contributed by atoms with van der Waals surface area (Å²) in [7, 11) is 3.06. The number of ether oxygens (including phenoxy) is 2. The van der Waals surface area contributed by atoms with Crippen LogP contribution >= 0.6 is 0 Å². The van der Waals surface area contributed by atoms with Crippen molar-refractivity contribution in [3.05, 3.63) is 17.7 Å². The molecule has 1 aromatic rings. The molecule has 1 aliphatic heterocycles. The predicted octanol–water partition coefficient (Wildman–Crippen LogP) is 2.37. The van der Waals surface area contributed by atoms with Crippen molar-refractivity contribution < 1.29 is 19.7 Å². The number of fused-ring (bicyclic) bond motifs is 1. The number of rotatable bonds is 3. The van der Waals surface area contributed by atoms with Gasteiger partial charge in [-0.1, -0.05) is 12.8 Å². The molecule has 1 heterocycles. The van der Waals surface area contributed by atoms with E-state index in [0.717, 1.165) is 44.2 Å². The lowest BCUT2D eigenvalue weighted by atomic mass is 9.67. The van der Waals surface area contributed by atoms with Crippen molar-refractivity contribution in [2.24, 2.45) is 5.92 Å². The number of nitrogens with one attached hydrogen (secondary N) is 1. The van der Waals surface area contributed by atoms with Crippen LogP contribution in [0.2, 0.25) is 0 Å². The monoisotopic (exact) mass is 307 g/mol. The van der Waals surface area contributed by atoms with Crippen LogP contribution in [0.15, 0.2) is 12.1 Å². The van der Waals surface area contributed by atoms with E-state index >= 15 is 0 Å². The van der Waals surface area contributed by atoms with Gasteiger partial charge < -0.3 is 25.0 Å². The lowest BCUT2D eigenvalue weighted by Crippen LogP contribution is -2.53. The van der Waals surface area contributed by atoms with Crippen LogP contribution in [0.5, 0.6) is 17.2 Å². The minimum atomic E-state index is -0.577. The first-order valence-corrected chi connectivity index (χ1v) is 7.99. The van der Waals surface area contributed by atoms with Crippen LogP contribution in [0.25, 0.3) is 0 Å². The van der Waals surface area contributed by atoms with E-state index in [4.69, 9.17) is 9.47 Å². The highest BCUT2D eigenvalue weighted by Gasteiger charge is 2.46. The van der Waals surface area contributed by atoms with E-state index in [1.807, 2.05) is 12.1 Å². The highest BCUT2D eigenvalue weighted by atomic mass is 16.5. The second-order valence-corrected chi connectivity index (χ2v) is 6.41. The topological polar surface area (TPSA) is 71.0 Å². The Morgan fingerprint density at radius 3 is 2.45 bits per heavy atom. The number of hydrogen-bond acceptors (Lipinski definition) is 5. The second kappa shape index (κ2) is 5.97. The Hall–Kier alpha value is -1.46. The average Bonchev–Trinajstić information content (AvgIpc) is 2.54. The molecular formula is C17H25NO4. The van der Waals surface area contributed by atoms with E-state index in [0.29, 0.717) is 11.5 Å². The van der Waals surface area contributed by atoms with E-state index in [9.17, 15) is 10.2 Å². The molecule has 1 aliphatic carbocycles. The molecule has 3 rings (SSSR count). The fourth-order valence-electron chi connectivity index (χ4n) is 4.07. The Kier molecular flexibility index (Phi) is 4.19. The van der Waals surface area contributed by atoms with Crippen molar-refractivity contribution in [3.63, 3.8) is 0 Å². The van der Waals surface area contributed by atoms with E-state index in [-0.39, 0.29) is 17.7 Å². The first kappa shape index (κ1) is 15.4. The highest BCUT2D eigenvalue weighted by molar-refractivity contribution is 5.53. The summed E-state index contributed by atoms with van der Waals surface area (Å²) in [6.45, 7) is 0.795. The largest absolute Gasteiger partial charge is 0.502 e. The Morgan fingerprint density at radius 1 is 1.14 bits per heavy atom. The summed E-state index contributed by atoms with van der Waals surface area (Å²) in [6, 6.07) is 3.74. The number of methoxy groups -OCH3 is 2. The summed E-state index contributed by atoms with van der Waals surface area (Å²) in [4.78, 5) is 0. The SMILES string of the molecule is COc1cc([C@@H]2NCC[C@@]3(O)CCCC[C@H]23)cc(OC)c1O. The molecule has 2 aliphatic rings. The number of phenols is 1. The van der Waals surface area contributed by atoms with Gasteiger partial charge in [0.05, 0.1) is 19.8 Å². The van der Waals surface area contributed by atoms with Crippen LogP contribution in [-0.4, -0.2) is 36.6 Å². The summed E-state index contributed by atoms with van der Waals surface area (Å²) < 4.78 is 10.5. The maximum absolute atomic E-state index is 11.0. The molecule has 122 valence electrons. The molecule has 2 fully saturated rings. The average molecular weight is 307 g/mol. The second-order valence-electron chi connectivity index (χ2n) is 6.41. The number of piperidine rings is 1. The molecular weight excluding hydrogens is 282 g/mol. The predicted molar refractivity (Wildman–Crippen MR) is 83.5 cm³/mol. The summed E-state index contributed by atoms with van der Waals surface area (Å²) in [5.41, 5.74) is 0.420. The molecule has 22 heavy (non-hydrogen) atoms. The van der Waals surface area contributed by atoms with Crippen molar-refractivity contribution in [2.75, 3.05) is 20.8 Å².